The summed E-state index contributed by atoms with van der Waals surface area (Å²) in [7, 11) is 0. The molecule has 6 rings (SSSR count). The summed E-state index contributed by atoms with van der Waals surface area (Å²) in [6.07, 6.45) is 5.30. The van der Waals surface area contributed by atoms with Gasteiger partial charge < -0.3 is 14.6 Å². The number of hydrogen-bond donors (Lipinski definition) is 1. The summed E-state index contributed by atoms with van der Waals surface area (Å²) in [5.74, 6) is -0.0444. The zero-order chi connectivity index (χ0) is 33.6. The van der Waals surface area contributed by atoms with Crippen molar-refractivity contribution in [3.05, 3.63) is 115 Å². The van der Waals surface area contributed by atoms with E-state index in [9.17, 15) is 14.9 Å². The van der Waals surface area contributed by atoms with Gasteiger partial charge in [0.15, 0.2) is 11.2 Å². The van der Waals surface area contributed by atoms with Crippen molar-refractivity contribution in [1.29, 1.82) is 0 Å². The monoisotopic (exact) mass is 705 g/mol. The van der Waals surface area contributed by atoms with Gasteiger partial charge in [0.1, 0.15) is 0 Å². The number of aromatic nitrogens is 4. The first kappa shape index (κ1) is 33.2. The van der Waals surface area contributed by atoms with Gasteiger partial charge in [-0.05, 0) is 53.0 Å². The summed E-state index contributed by atoms with van der Waals surface area (Å²) in [6, 6.07) is 21.9. The number of amides is 1. The van der Waals surface area contributed by atoms with Gasteiger partial charge in [-0.3, -0.25) is 14.9 Å². The SMILES string of the molecule is O=C(Cc1c(-c2ccc(Cl)cc2)nc2c(Cl)cc(Cl)cn12)N(CCCCCCNc1ccc([N+](=O)[O-])c2nonc12)Cc1ccccc1. The predicted molar refractivity (Wildman–Crippen MR) is 187 cm³/mol. The van der Waals surface area contributed by atoms with Crippen molar-refractivity contribution in [2.24, 2.45) is 0 Å². The number of unbranched alkanes of at least 4 members (excludes halogenated alkanes) is 3. The van der Waals surface area contributed by atoms with Crippen LogP contribution in [0.3, 0.4) is 0 Å². The number of nitro benzene ring substituents is 1. The zero-order valence-electron chi connectivity index (χ0n) is 25.6. The highest BCUT2D eigenvalue weighted by molar-refractivity contribution is 6.36. The number of nitrogens with one attached hydrogen (secondary N) is 1. The molecule has 3 heterocycles. The number of imidazole rings is 1. The van der Waals surface area contributed by atoms with Crippen molar-refractivity contribution in [1.82, 2.24) is 24.6 Å². The maximum atomic E-state index is 14.1. The largest absolute Gasteiger partial charge is 0.383 e. The first-order chi connectivity index (χ1) is 23.3. The first-order valence-electron chi connectivity index (χ1n) is 15.4. The van der Waals surface area contributed by atoms with Crippen LogP contribution >= 0.6 is 34.8 Å². The lowest BCUT2D eigenvalue weighted by molar-refractivity contribution is -0.383. The number of anilines is 1. The van der Waals surface area contributed by atoms with E-state index in [0.717, 1.165) is 36.8 Å². The van der Waals surface area contributed by atoms with E-state index in [1.807, 2.05) is 47.4 Å². The van der Waals surface area contributed by atoms with E-state index in [2.05, 4.69) is 15.6 Å². The molecule has 1 N–H and O–H groups in total. The summed E-state index contributed by atoms with van der Waals surface area (Å²) >= 11 is 19.1. The van der Waals surface area contributed by atoms with Crippen LogP contribution in [0, 0.1) is 10.1 Å². The molecule has 6 aromatic rings. The van der Waals surface area contributed by atoms with Crippen molar-refractivity contribution in [2.75, 3.05) is 18.4 Å². The molecule has 0 saturated heterocycles. The molecule has 48 heavy (non-hydrogen) atoms. The minimum Gasteiger partial charge on any atom is -0.383 e. The second-order valence-electron chi connectivity index (χ2n) is 11.3. The Morgan fingerprint density at radius 3 is 2.44 bits per heavy atom. The second-order valence-corrected chi connectivity index (χ2v) is 12.6. The van der Waals surface area contributed by atoms with E-state index in [-0.39, 0.29) is 23.5 Å². The van der Waals surface area contributed by atoms with Gasteiger partial charge in [-0.1, -0.05) is 90.1 Å². The molecule has 0 saturated carbocycles. The minimum absolute atomic E-state index is 0.0444. The van der Waals surface area contributed by atoms with Gasteiger partial charge >= 0.3 is 5.69 Å². The predicted octanol–water partition coefficient (Wildman–Crippen LogP) is 8.65. The quantitative estimate of drug-likeness (QED) is 0.0676. The fourth-order valence-corrected chi connectivity index (χ4v) is 6.27. The van der Waals surface area contributed by atoms with Crippen LogP contribution in [0.15, 0.2) is 83.6 Å². The molecule has 0 aliphatic rings. The van der Waals surface area contributed by atoms with Crippen LogP contribution in [0.4, 0.5) is 11.4 Å². The standard InChI is InChI=1S/C34H30Cl3N7O4/c35-24-12-10-23(11-13-24)31-29(43-21-25(36)18-26(37)34(43)39-31)19-30(45)42(20-22-8-4-3-5-9-22)17-7-2-1-6-16-38-27-14-15-28(44(46)47)33-32(27)40-48-41-33/h3-5,8-15,18,21,38H,1-2,6-7,16-17,19-20H2. The summed E-state index contributed by atoms with van der Waals surface area (Å²) in [4.78, 5) is 31.5. The molecule has 0 unspecified atom stereocenters. The lowest BCUT2D eigenvalue weighted by atomic mass is 10.1. The van der Waals surface area contributed by atoms with Crippen LogP contribution in [0.2, 0.25) is 15.1 Å². The third-order valence-corrected chi connectivity index (χ3v) is 8.74. The molecule has 11 nitrogen and oxygen atoms in total. The molecular formula is C34H30Cl3N7O4. The molecule has 0 radical (unpaired) electrons. The van der Waals surface area contributed by atoms with Gasteiger partial charge in [-0.15, -0.1) is 0 Å². The number of halogens is 3. The van der Waals surface area contributed by atoms with Crippen molar-refractivity contribution in [3.8, 4) is 11.3 Å². The highest BCUT2D eigenvalue weighted by Gasteiger charge is 2.23. The highest BCUT2D eigenvalue weighted by atomic mass is 35.5. The van der Waals surface area contributed by atoms with Crippen LogP contribution in [0.5, 0.6) is 0 Å². The Hall–Kier alpha value is -4.71. The van der Waals surface area contributed by atoms with Crippen LogP contribution in [0.1, 0.15) is 36.9 Å². The number of fused-ring (bicyclic) bond motifs is 2. The lowest BCUT2D eigenvalue weighted by Crippen LogP contribution is -2.33. The Bertz CT molecular complexity index is 2070. The molecular weight excluding hydrogens is 677 g/mol. The summed E-state index contributed by atoms with van der Waals surface area (Å²) in [6.45, 7) is 1.68. The Morgan fingerprint density at radius 2 is 1.67 bits per heavy atom. The number of hydrogen-bond acceptors (Lipinski definition) is 8. The van der Waals surface area contributed by atoms with Gasteiger partial charge in [0, 0.05) is 42.5 Å². The van der Waals surface area contributed by atoms with E-state index in [4.69, 9.17) is 44.4 Å². The normalized spacial score (nSPS) is 11.3. The van der Waals surface area contributed by atoms with E-state index in [1.165, 1.54) is 6.07 Å². The number of rotatable bonds is 14. The fraction of sp³-hybridized carbons (Fsp3) is 0.235. The van der Waals surface area contributed by atoms with Gasteiger partial charge in [0.05, 0.1) is 38.5 Å². The van der Waals surface area contributed by atoms with Gasteiger partial charge in [0.2, 0.25) is 11.4 Å². The molecule has 0 atom stereocenters. The number of carbonyl (C=O) groups excluding carboxylic acids is 1. The number of nitrogens with zero attached hydrogens (tertiary/aromatic N) is 6. The minimum atomic E-state index is -0.510. The molecule has 0 aliphatic heterocycles. The lowest BCUT2D eigenvalue weighted by Gasteiger charge is -2.23. The Morgan fingerprint density at radius 1 is 0.917 bits per heavy atom. The fourth-order valence-electron chi connectivity index (χ4n) is 5.63. The van der Waals surface area contributed by atoms with Crippen molar-refractivity contribution in [3.63, 3.8) is 0 Å². The number of nitro groups is 1. The smallest absolute Gasteiger partial charge is 0.300 e. The maximum Gasteiger partial charge on any atom is 0.300 e. The van der Waals surface area contributed by atoms with Crippen LogP contribution < -0.4 is 5.32 Å². The zero-order valence-corrected chi connectivity index (χ0v) is 27.9. The Kier molecular flexibility index (Phi) is 10.4. The molecule has 0 aliphatic carbocycles. The van der Waals surface area contributed by atoms with E-state index in [0.29, 0.717) is 62.9 Å². The molecule has 0 fully saturated rings. The molecule has 0 bridgehead atoms. The molecule has 3 aromatic heterocycles. The third-order valence-electron chi connectivity index (χ3n) is 8.01. The summed E-state index contributed by atoms with van der Waals surface area (Å²) in [5, 5.41) is 23.5. The van der Waals surface area contributed by atoms with Gasteiger partial charge in [0.25, 0.3) is 0 Å². The molecule has 246 valence electrons. The van der Waals surface area contributed by atoms with Crippen LogP contribution in [-0.4, -0.2) is 48.5 Å². The molecule has 1 amide bonds. The second kappa shape index (κ2) is 15.0. The Balaban J connectivity index is 1.12. The summed E-state index contributed by atoms with van der Waals surface area (Å²) in [5.41, 5.74) is 4.62. The van der Waals surface area contributed by atoms with Crippen molar-refractivity contribution in [2.45, 2.75) is 38.6 Å². The average Bonchev–Trinajstić information content (AvgIpc) is 3.70. The molecule has 3 aromatic carbocycles. The number of pyridine rings is 1. The van der Waals surface area contributed by atoms with Crippen molar-refractivity contribution >= 4 is 68.8 Å². The van der Waals surface area contributed by atoms with E-state index < -0.39 is 4.92 Å². The van der Waals surface area contributed by atoms with E-state index >= 15 is 0 Å². The number of non-ortho nitro benzene ring substituents is 1. The van der Waals surface area contributed by atoms with Gasteiger partial charge in [-0.2, -0.15) is 0 Å². The molecule has 0 spiro atoms. The summed E-state index contributed by atoms with van der Waals surface area (Å²) < 4.78 is 6.54. The van der Waals surface area contributed by atoms with Gasteiger partial charge in [-0.25, -0.2) is 9.61 Å². The maximum absolute atomic E-state index is 14.1. The van der Waals surface area contributed by atoms with Crippen LogP contribution in [0.25, 0.3) is 27.9 Å². The first-order valence-corrected chi connectivity index (χ1v) is 16.5. The molecule has 14 heteroatoms. The topological polar surface area (TPSA) is 132 Å². The average molecular weight is 707 g/mol. The van der Waals surface area contributed by atoms with E-state index in [1.54, 1.807) is 34.9 Å². The van der Waals surface area contributed by atoms with Crippen molar-refractivity contribution < 1.29 is 14.3 Å². The number of carbonyl (C=O) groups is 1. The third kappa shape index (κ3) is 7.54. The van der Waals surface area contributed by atoms with Crippen LogP contribution in [-0.2, 0) is 17.8 Å². The number of benzene rings is 3. The Labute approximate surface area is 290 Å². The highest BCUT2D eigenvalue weighted by Crippen LogP contribution is 2.32.